The number of amides is 2. The molecule has 0 radical (unpaired) electrons. The largest absolute Gasteiger partial charge is 0.336 e. The number of sulfonamides is 1. The molecular weight excluding hydrogens is 450 g/mol. The number of piperidine rings is 1. The molecular formula is C23H28ClN3O4S. The molecule has 32 heavy (non-hydrogen) atoms. The van der Waals surface area contributed by atoms with Gasteiger partial charge in [0.15, 0.2) is 0 Å². The highest BCUT2D eigenvalue weighted by Crippen LogP contribution is 2.22. The number of halogens is 1. The van der Waals surface area contributed by atoms with Gasteiger partial charge >= 0.3 is 0 Å². The van der Waals surface area contributed by atoms with Crippen LogP contribution in [0.15, 0.2) is 53.4 Å². The van der Waals surface area contributed by atoms with E-state index in [9.17, 15) is 18.0 Å². The number of anilines is 1. The lowest BCUT2D eigenvalue weighted by Gasteiger charge is -2.25. The van der Waals surface area contributed by atoms with E-state index in [2.05, 4.69) is 5.32 Å². The molecule has 2 amide bonds. The second-order valence-corrected chi connectivity index (χ2v) is 10.2. The van der Waals surface area contributed by atoms with Gasteiger partial charge in [-0.3, -0.25) is 9.59 Å². The number of carbonyl (C=O) groups excluding carboxylic acids is 2. The number of rotatable bonds is 8. The predicted octanol–water partition coefficient (Wildman–Crippen LogP) is 3.54. The average molecular weight is 478 g/mol. The summed E-state index contributed by atoms with van der Waals surface area (Å²) in [7, 11) is -1.89. The van der Waals surface area contributed by atoms with Gasteiger partial charge in [-0.2, -0.15) is 4.31 Å². The van der Waals surface area contributed by atoms with Gasteiger partial charge in [-0.1, -0.05) is 42.3 Å². The smallest absolute Gasteiger partial charge is 0.244 e. The average Bonchev–Trinajstić information content (AvgIpc) is 2.79. The lowest BCUT2D eigenvalue weighted by molar-refractivity contribution is -0.133. The van der Waals surface area contributed by atoms with Crippen LogP contribution in [0.4, 0.5) is 5.69 Å². The van der Waals surface area contributed by atoms with Crippen molar-refractivity contribution in [3.05, 3.63) is 59.1 Å². The van der Waals surface area contributed by atoms with Crippen molar-refractivity contribution < 1.29 is 18.0 Å². The molecule has 1 fully saturated rings. The summed E-state index contributed by atoms with van der Waals surface area (Å²) < 4.78 is 27.0. The molecule has 1 aliphatic heterocycles. The Morgan fingerprint density at radius 2 is 1.69 bits per heavy atom. The standard InChI is InChI=1S/C23H28ClN3O4S/c1-26(17-22(28)25-21-8-4-3-7-20(21)24)23(29)14-11-18-9-12-19(13-10-18)32(30,31)27-15-5-2-6-16-27/h3-4,7-10,12-13H,2,5-6,11,14-17H2,1H3,(H,25,28). The Morgan fingerprint density at radius 1 is 1.03 bits per heavy atom. The van der Waals surface area contributed by atoms with E-state index in [1.165, 1.54) is 9.21 Å². The summed E-state index contributed by atoms with van der Waals surface area (Å²) in [5.74, 6) is -0.509. The van der Waals surface area contributed by atoms with Crippen LogP contribution in [0.3, 0.4) is 0 Å². The highest BCUT2D eigenvalue weighted by Gasteiger charge is 2.25. The molecule has 1 N–H and O–H groups in total. The predicted molar refractivity (Wildman–Crippen MR) is 125 cm³/mol. The fourth-order valence-corrected chi connectivity index (χ4v) is 5.28. The summed E-state index contributed by atoms with van der Waals surface area (Å²) in [5.41, 5.74) is 1.37. The highest BCUT2D eigenvalue weighted by molar-refractivity contribution is 7.89. The van der Waals surface area contributed by atoms with Gasteiger partial charge in [0.1, 0.15) is 0 Å². The minimum atomic E-state index is -3.46. The van der Waals surface area contributed by atoms with E-state index in [1.54, 1.807) is 55.6 Å². The summed E-state index contributed by atoms with van der Waals surface area (Å²) in [5, 5.41) is 3.12. The third kappa shape index (κ3) is 6.31. The van der Waals surface area contributed by atoms with Gasteiger partial charge in [0, 0.05) is 26.6 Å². The topological polar surface area (TPSA) is 86.8 Å². The van der Waals surface area contributed by atoms with Gasteiger partial charge < -0.3 is 10.2 Å². The van der Waals surface area contributed by atoms with E-state index >= 15 is 0 Å². The molecule has 7 nitrogen and oxygen atoms in total. The minimum Gasteiger partial charge on any atom is -0.336 e. The molecule has 9 heteroatoms. The van der Waals surface area contributed by atoms with Gasteiger partial charge in [0.2, 0.25) is 21.8 Å². The summed E-state index contributed by atoms with van der Waals surface area (Å²) in [4.78, 5) is 26.3. The second kappa shape index (κ2) is 10.9. The van der Waals surface area contributed by atoms with E-state index in [-0.39, 0.29) is 29.7 Å². The SMILES string of the molecule is CN(CC(=O)Nc1ccccc1Cl)C(=O)CCc1ccc(S(=O)(=O)N2CCCCC2)cc1. The zero-order valence-corrected chi connectivity index (χ0v) is 19.7. The first-order valence-electron chi connectivity index (χ1n) is 10.6. The van der Waals surface area contributed by atoms with Crippen LogP contribution in [0.25, 0.3) is 0 Å². The van der Waals surface area contributed by atoms with Crippen LogP contribution in [0, 0.1) is 0 Å². The van der Waals surface area contributed by atoms with Gasteiger partial charge in [0.05, 0.1) is 22.2 Å². The fraction of sp³-hybridized carbons (Fsp3) is 0.391. The number of hydrogen-bond donors (Lipinski definition) is 1. The first-order valence-corrected chi connectivity index (χ1v) is 12.5. The van der Waals surface area contributed by atoms with Crippen LogP contribution in [0.5, 0.6) is 0 Å². The van der Waals surface area contributed by atoms with Crippen LogP contribution in [0.2, 0.25) is 5.02 Å². The van der Waals surface area contributed by atoms with Crippen molar-refractivity contribution >= 4 is 39.1 Å². The number of para-hydroxylation sites is 1. The Balaban J connectivity index is 1.49. The third-order valence-electron chi connectivity index (χ3n) is 5.46. The molecule has 0 aromatic heterocycles. The zero-order chi connectivity index (χ0) is 23.1. The number of nitrogens with one attached hydrogen (secondary N) is 1. The number of hydrogen-bond acceptors (Lipinski definition) is 4. The van der Waals surface area contributed by atoms with Crippen molar-refractivity contribution in [3.8, 4) is 0 Å². The molecule has 0 saturated carbocycles. The van der Waals surface area contributed by atoms with Crippen LogP contribution in [-0.4, -0.2) is 56.1 Å². The quantitative estimate of drug-likeness (QED) is 0.630. The monoisotopic (exact) mass is 477 g/mol. The Morgan fingerprint density at radius 3 is 2.34 bits per heavy atom. The van der Waals surface area contributed by atoms with Crippen molar-refractivity contribution in [1.82, 2.24) is 9.21 Å². The van der Waals surface area contributed by atoms with Crippen LogP contribution in [0.1, 0.15) is 31.2 Å². The Kier molecular flexibility index (Phi) is 8.28. The van der Waals surface area contributed by atoms with Gasteiger partial charge in [-0.15, -0.1) is 0 Å². The van der Waals surface area contributed by atoms with E-state index in [0.29, 0.717) is 30.2 Å². The Hall–Kier alpha value is -2.42. The molecule has 2 aromatic carbocycles. The third-order valence-corrected chi connectivity index (χ3v) is 7.70. The van der Waals surface area contributed by atoms with E-state index in [4.69, 9.17) is 11.6 Å². The van der Waals surface area contributed by atoms with E-state index in [0.717, 1.165) is 24.8 Å². The summed E-state index contributed by atoms with van der Waals surface area (Å²) >= 11 is 6.03. The molecule has 0 spiro atoms. The Labute approximate surface area is 194 Å². The second-order valence-electron chi connectivity index (χ2n) is 7.89. The molecule has 172 valence electrons. The lowest BCUT2D eigenvalue weighted by atomic mass is 10.1. The number of benzene rings is 2. The van der Waals surface area contributed by atoms with E-state index in [1.807, 2.05) is 0 Å². The molecule has 0 aliphatic carbocycles. The van der Waals surface area contributed by atoms with Crippen LogP contribution >= 0.6 is 11.6 Å². The molecule has 0 unspecified atom stereocenters. The fourth-order valence-electron chi connectivity index (χ4n) is 3.58. The van der Waals surface area contributed by atoms with Crippen LogP contribution in [-0.2, 0) is 26.0 Å². The first kappa shape index (κ1) is 24.2. The molecule has 0 atom stereocenters. The first-order chi connectivity index (χ1) is 15.3. The summed E-state index contributed by atoms with van der Waals surface area (Å²) in [6.45, 7) is 1.04. The number of aryl methyl sites for hydroxylation is 1. The maximum atomic E-state index is 12.7. The van der Waals surface area contributed by atoms with Crippen LogP contribution < -0.4 is 5.32 Å². The molecule has 2 aromatic rings. The highest BCUT2D eigenvalue weighted by atomic mass is 35.5. The van der Waals surface area contributed by atoms with Crippen molar-refractivity contribution in [3.63, 3.8) is 0 Å². The molecule has 0 bridgehead atoms. The molecule has 3 rings (SSSR count). The summed E-state index contributed by atoms with van der Waals surface area (Å²) in [6.07, 6.45) is 3.52. The molecule has 1 saturated heterocycles. The number of nitrogens with zero attached hydrogens (tertiary/aromatic N) is 2. The zero-order valence-electron chi connectivity index (χ0n) is 18.1. The van der Waals surface area contributed by atoms with Crippen molar-refractivity contribution in [2.75, 3.05) is 32.0 Å². The molecule has 1 aliphatic rings. The maximum absolute atomic E-state index is 12.7. The van der Waals surface area contributed by atoms with E-state index < -0.39 is 10.0 Å². The minimum absolute atomic E-state index is 0.0862. The van der Waals surface area contributed by atoms with Gasteiger partial charge in [-0.05, 0) is 49.1 Å². The van der Waals surface area contributed by atoms with Crippen molar-refractivity contribution in [2.45, 2.75) is 37.0 Å². The van der Waals surface area contributed by atoms with Gasteiger partial charge in [0.25, 0.3) is 0 Å². The summed E-state index contributed by atoms with van der Waals surface area (Å²) in [6, 6.07) is 13.6. The number of carbonyl (C=O) groups is 2. The van der Waals surface area contributed by atoms with Crippen molar-refractivity contribution in [2.24, 2.45) is 0 Å². The van der Waals surface area contributed by atoms with Gasteiger partial charge in [-0.25, -0.2) is 8.42 Å². The lowest BCUT2D eigenvalue weighted by Crippen LogP contribution is -2.35. The molecule has 1 heterocycles. The number of likely N-dealkylation sites (N-methyl/N-ethyl adjacent to an activating group) is 1. The Bertz CT molecular complexity index is 1050. The maximum Gasteiger partial charge on any atom is 0.244 e. The van der Waals surface area contributed by atoms with Crippen molar-refractivity contribution in [1.29, 1.82) is 0 Å². The normalized spacial score (nSPS) is 14.7.